The molecular weight excluding hydrogens is 260 g/mol. The number of alkyl halides is 1. The Morgan fingerprint density at radius 2 is 2.16 bits per heavy atom. The van der Waals surface area contributed by atoms with Gasteiger partial charge in [0.05, 0.1) is 24.0 Å². The molecule has 2 aromatic rings. The summed E-state index contributed by atoms with van der Waals surface area (Å²) in [5, 5.41) is 0. The minimum atomic E-state index is 0.462. The fraction of sp³-hybridized carbons (Fsp3) is 0.533. The SMILES string of the molecule is COc1ccc2c(c1)nc(CCl)n2CC1CCCC1. The summed E-state index contributed by atoms with van der Waals surface area (Å²) in [5.74, 6) is 3.06. The molecular formula is C15H19ClN2O. The van der Waals surface area contributed by atoms with Crippen molar-refractivity contribution in [2.75, 3.05) is 7.11 Å². The molecule has 0 saturated heterocycles. The van der Waals surface area contributed by atoms with Crippen LogP contribution >= 0.6 is 11.6 Å². The quantitative estimate of drug-likeness (QED) is 0.791. The Hall–Kier alpha value is -1.22. The Bertz CT molecular complexity index is 573. The molecule has 1 aliphatic rings. The molecule has 0 radical (unpaired) electrons. The lowest BCUT2D eigenvalue weighted by molar-refractivity contribution is 0.415. The van der Waals surface area contributed by atoms with Crippen molar-refractivity contribution in [1.82, 2.24) is 9.55 Å². The van der Waals surface area contributed by atoms with Gasteiger partial charge in [-0.25, -0.2) is 4.98 Å². The van der Waals surface area contributed by atoms with Crippen molar-refractivity contribution in [1.29, 1.82) is 0 Å². The van der Waals surface area contributed by atoms with E-state index >= 15 is 0 Å². The maximum absolute atomic E-state index is 6.05. The molecule has 1 saturated carbocycles. The van der Waals surface area contributed by atoms with Crippen molar-refractivity contribution < 1.29 is 4.74 Å². The summed E-state index contributed by atoms with van der Waals surface area (Å²) in [6.07, 6.45) is 5.39. The van der Waals surface area contributed by atoms with Gasteiger partial charge in [0.1, 0.15) is 11.6 Å². The second-order valence-corrected chi connectivity index (χ2v) is 5.54. The standard InChI is InChI=1S/C15H19ClN2O/c1-19-12-6-7-14-13(8-12)17-15(9-16)18(14)10-11-4-2-3-5-11/h6-8,11H,2-5,9-10H2,1H3. The number of imidazole rings is 1. The third kappa shape index (κ3) is 2.44. The van der Waals surface area contributed by atoms with Crippen LogP contribution in [0.1, 0.15) is 31.5 Å². The number of aromatic nitrogens is 2. The highest BCUT2D eigenvalue weighted by Crippen LogP contribution is 2.29. The van der Waals surface area contributed by atoms with Gasteiger partial charge in [-0.2, -0.15) is 0 Å². The van der Waals surface area contributed by atoms with Crippen LogP contribution in [0.5, 0.6) is 5.75 Å². The first-order valence-electron chi connectivity index (χ1n) is 6.91. The number of hydrogen-bond acceptors (Lipinski definition) is 2. The molecule has 1 fully saturated rings. The smallest absolute Gasteiger partial charge is 0.124 e. The zero-order chi connectivity index (χ0) is 13.2. The minimum absolute atomic E-state index is 0.462. The number of nitrogens with zero attached hydrogens (tertiary/aromatic N) is 2. The average molecular weight is 279 g/mol. The van der Waals surface area contributed by atoms with E-state index in [1.54, 1.807) is 7.11 Å². The molecule has 102 valence electrons. The Morgan fingerprint density at radius 3 is 2.84 bits per heavy atom. The lowest BCUT2D eigenvalue weighted by Gasteiger charge is -2.13. The lowest BCUT2D eigenvalue weighted by Crippen LogP contribution is -2.09. The molecule has 3 rings (SSSR count). The number of benzene rings is 1. The van der Waals surface area contributed by atoms with Crippen LogP contribution in [0.4, 0.5) is 0 Å². The molecule has 0 aliphatic heterocycles. The van der Waals surface area contributed by atoms with Gasteiger partial charge in [-0.3, -0.25) is 0 Å². The number of halogens is 1. The molecule has 0 spiro atoms. The van der Waals surface area contributed by atoms with Gasteiger partial charge in [0, 0.05) is 12.6 Å². The van der Waals surface area contributed by atoms with Crippen LogP contribution in [0.2, 0.25) is 0 Å². The molecule has 19 heavy (non-hydrogen) atoms. The topological polar surface area (TPSA) is 27.1 Å². The molecule has 4 heteroatoms. The molecule has 1 aromatic heterocycles. The number of methoxy groups -OCH3 is 1. The van der Waals surface area contributed by atoms with Crippen LogP contribution in [0, 0.1) is 5.92 Å². The third-order valence-electron chi connectivity index (χ3n) is 4.07. The van der Waals surface area contributed by atoms with Crippen molar-refractivity contribution in [3.05, 3.63) is 24.0 Å². The van der Waals surface area contributed by atoms with Crippen molar-refractivity contribution in [3.8, 4) is 5.75 Å². The molecule has 0 amide bonds. The van der Waals surface area contributed by atoms with E-state index in [4.69, 9.17) is 16.3 Å². The van der Waals surface area contributed by atoms with Gasteiger partial charge in [-0.05, 0) is 30.9 Å². The van der Waals surface area contributed by atoms with E-state index in [2.05, 4.69) is 15.6 Å². The highest BCUT2D eigenvalue weighted by molar-refractivity contribution is 6.16. The van der Waals surface area contributed by atoms with Crippen LogP contribution in [-0.4, -0.2) is 16.7 Å². The van der Waals surface area contributed by atoms with E-state index in [-0.39, 0.29) is 0 Å². The maximum atomic E-state index is 6.05. The number of fused-ring (bicyclic) bond motifs is 1. The van der Waals surface area contributed by atoms with Gasteiger partial charge in [0.25, 0.3) is 0 Å². The monoisotopic (exact) mass is 278 g/mol. The fourth-order valence-corrected chi connectivity index (χ4v) is 3.25. The molecule has 0 unspecified atom stereocenters. The summed E-state index contributed by atoms with van der Waals surface area (Å²) in [5.41, 5.74) is 2.15. The summed E-state index contributed by atoms with van der Waals surface area (Å²) in [4.78, 5) is 4.63. The molecule has 1 aromatic carbocycles. The van der Waals surface area contributed by atoms with Crippen molar-refractivity contribution in [3.63, 3.8) is 0 Å². The maximum Gasteiger partial charge on any atom is 0.124 e. The number of ether oxygens (including phenoxy) is 1. The Kier molecular flexibility index (Phi) is 3.65. The van der Waals surface area contributed by atoms with Crippen LogP contribution in [0.15, 0.2) is 18.2 Å². The fourth-order valence-electron chi connectivity index (χ4n) is 3.04. The first-order chi connectivity index (χ1) is 9.31. The van der Waals surface area contributed by atoms with Gasteiger partial charge in [0.2, 0.25) is 0 Å². The highest BCUT2D eigenvalue weighted by Gasteiger charge is 2.19. The normalized spacial score (nSPS) is 16.3. The van der Waals surface area contributed by atoms with E-state index in [0.29, 0.717) is 5.88 Å². The molecule has 1 aliphatic carbocycles. The average Bonchev–Trinajstić information content (AvgIpc) is 3.06. The van der Waals surface area contributed by atoms with Crippen molar-refractivity contribution in [2.45, 2.75) is 38.1 Å². The van der Waals surface area contributed by atoms with Gasteiger partial charge < -0.3 is 9.30 Å². The first-order valence-corrected chi connectivity index (χ1v) is 7.44. The predicted molar refractivity (Wildman–Crippen MR) is 77.8 cm³/mol. The summed E-state index contributed by atoms with van der Waals surface area (Å²) in [7, 11) is 1.68. The van der Waals surface area contributed by atoms with Gasteiger partial charge in [-0.1, -0.05) is 12.8 Å². The number of rotatable bonds is 4. The molecule has 1 heterocycles. The summed E-state index contributed by atoms with van der Waals surface area (Å²) in [6.45, 7) is 1.05. The summed E-state index contributed by atoms with van der Waals surface area (Å²) >= 11 is 6.05. The summed E-state index contributed by atoms with van der Waals surface area (Å²) < 4.78 is 7.55. The largest absolute Gasteiger partial charge is 0.497 e. The zero-order valence-electron chi connectivity index (χ0n) is 11.2. The van der Waals surface area contributed by atoms with Crippen LogP contribution in [0.25, 0.3) is 11.0 Å². The number of hydrogen-bond donors (Lipinski definition) is 0. The Labute approximate surface area is 118 Å². The molecule has 0 N–H and O–H groups in total. The van der Waals surface area contributed by atoms with Crippen LogP contribution < -0.4 is 4.74 Å². The van der Waals surface area contributed by atoms with E-state index < -0.39 is 0 Å². The predicted octanol–water partition coefficient (Wildman–Crippen LogP) is 3.97. The molecule has 0 bridgehead atoms. The van der Waals surface area contributed by atoms with Crippen molar-refractivity contribution >= 4 is 22.6 Å². The highest BCUT2D eigenvalue weighted by atomic mass is 35.5. The van der Waals surface area contributed by atoms with E-state index in [0.717, 1.165) is 29.6 Å². The molecule has 0 atom stereocenters. The second kappa shape index (κ2) is 5.41. The summed E-state index contributed by atoms with van der Waals surface area (Å²) in [6, 6.07) is 6.07. The van der Waals surface area contributed by atoms with E-state index in [9.17, 15) is 0 Å². The van der Waals surface area contributed by atoms with Crippen molar-refractivity contribution in [2.24, 2.45) is 5.92 Å². The van der Waals surface area contributed by atoms with Gasteiger partial charge >= 0.3 is 0 Å². The second-order valence-electron chi connectivity index (χ2n) is 5.28. The Balaban J connectivity index is 2.00. The zero-order valence-corrected chi connectivity index (χ0v) is 12.0. The minimum Gasteiger partial charge on any atom is -0.497 e. The lowest BCUT2D eigenvalue weighted by atomic mass is 10.1. The van der Waals surface area contributed by atoms with Crippen LogP contribution in [0.3, 0.4) is 0 Å². The Morgan fingerprint density at radius 1 is 1.37 bits per heavy atom. The third-order valence-corrected chi connectivity index (χ3v) is 4.31. The van der Waals surface area contributed by atoms with Gasteiger partial charge in [-0.15, -0.1) is 11.6 Å². The van der Waals surface area contributed by atoms with E-state index in [1.165, 1.54) is 31.2 Å². The van der Waals surface area contributed by atoms with E-state index in [1.807, 2.05) is 12.1 Å². The molecule has 3 nitrogen and oxygen atoms in total. The first kappa shape index (κ1) is 12.8. The van der Waals surface area contributed by atoms with Gasteiger partial charge in [0.15, 0.2) is 0 Å². The van der Waals surface area contributed by atoms with Crippen LogP contribution in [-0.2, 0) is 12.4 Å².